The molecule has 1 N–H and O–H groups in total. The lowest BCUT2D eigenvalue weighted by Gasteiger charge is -2.12. The number of aromatic nitrogens is 2. The minimum absolute atomic E-state index is 0.248. The zero-order valence-electron chi connectivity index (χ0n) is 11.7. The maximum absolute atomic E-state index is 11.9. The van der Waals surface area contributed by atoms with E-state index >= 15 is 0 Å². The Morgan fingerprint density at radius 3 is 2.50 bits per heavy atom. The number of hydrogen-bond donors (Lipinski definition) is 1. The number of aryl methyl sites for hydroxylation is 3. The van der Waals surface area contributed by atoms with Gasteiger partial charge in [0, 0.05) is 11.4 Å². The highest BCUT2D eigenvalue weighted by atomic mass is 16.4. The molecule has 0 atom stereocenters. The van der Waals surface area contributed by atoms with Crippen molar-refractivity contribution >= 4 is 5.97 Å². The molecule has 0 spiro atoms. The van der Waals surface area contributed by atoms with Gasteiger partial charge in [0.05, 0.1) is 12.1 Å². The molecule has 0 saturated heterocycles. The van der Waals surface area contributed by atoms with Gasteiger partial charge in [0.2, 0.25) is 0 Å². The molecule has 2 aromatic rings. The molecule has 5 heteroatoms. The first-order chi connectivity index (χ1) is 9.38. The fourth-order valence-corrected chi connectivity index (χ4v) is 2.14. The monoisotopic (exact) mass is 272 g/mol. The van der Waals surface area contributed by atoms with Crippen LogP contribution in [0.4, 0.5) is 0 Å². The Hall–Kier alpha value is -2.43. The SMILES string of the molecule is Cc1cc(C)n(Cc2ccc(C(=O)O)cc2C)c(=O)n1. The van der Waals surface area contributed by atoms with Crippen LogP contribution in [0.1, 0.15) is 32.9 Å². The van der Waals surface area contributed by atoms with Crippen molar-refractivity contribution in [1.29, 1.82) is 0 Å². The van der Waals surface area contributed by atoms with Gasteiger partial charge in [0.1, 0.15) is 0 Å². The summed E-state index contributed by atoms with van der Waals surface area (Å²) in [5, 5.41) is 8.94. The molecule has 0 aliphatic carbocycles. The lowest BCUT2D eigenvalue weighted by molar-refractivity contribution is 0.0697. The summed E-state index contributed by atoms with van der Waals surface area (Å²) < 4.78 is 1.58. The van der Waals surface area contributed by atoms with E-state index in [2.05, 4.69) is 4.98 Å². The van der Waals surface area contributed by atoms with Gasteiger partial charge in [-0.25, -0.2) is 9.59 Å². The first-order valence-electron chi connectivity index (χ1n) is 6.26. The Balaban J connectivity index is 2.41. The van der Waals surface area contributed by atoms with Crippen molar-refractivity contribution in [2.45, 2.75) is 27.3 Å². The molecule has 1 heterocycles. The summed E-state index contributed by atoms with van der Waals surface area (Å²) in [5.41, 5.74) is 3.25. The second kappa shape index (κ2) is 5.28. The van der Waals surface area contributed by atoms with Crippen molar-refractivity contribution in [3.8, 4) is 0 Å². The predicted molar refractivity (Wildman–Crippen MR) is 75.2 cm³/mol. The molecular formula is C15H16N2O3. The predicted octanol–water partition coefficient (Wildman–Crippen LogP) is 1.92. The van der Waals surface area contributed by atoms with Crippen LogP contribution >= 0.6 is 0 Å². The van der Waals surface area contributed by atoms with Crippen LogP contribution in [0.25, 0.3) is 0 Å². The molecule has 5 nitrogen and oxygen atoms in total. The Morgan fingerprint density at radius 2 is 1.95 bits per heavy atom. The number of carboxylic acids is 1. The minimum atomic E-state index is -0.954. The number of carboxylic acid groups (broad SMARTS) is 1. The zero-order chi connectivity index (χ0) is 14.9. The van der Waals surface area contributed by atoms with Crippen LogP contribution in [0.2, 0.25) is 0 Å². The van der Waals surface area contributed by atoms with Crippen LogP contribution in [-0.2, 0) is 6.54 Å². The van der Waals surface area contributed by atoms with E-state index in [0.717, 1.165) is 16.8 Å². The van der Waals surface area contributed by atoms with Crippen LogP contribution < -0.4 is 5.69 Å². The lowest BCUT2D eigenvalue weighted by Crippen LogP contribution is -2.26. The highest BCUT2D eigenvalue weighted by Crippen LogP contribution is 2.13. The van der Waals surface area contributed by atoms with Crippen LogP contribution in [0.3, 0.4) is 0 Å². The number of carbonyl (C=O) groups is 1. The summed E-state index contributed by atoms with van der Waals surface area (Å²) in [7, 11) is 0. The molecule has 1 aromatic heterocycles. The molecule has 104 valence electrons. The van der Waals surface area contributed by atoms with Crippen LogP contribution in [0, 0.1) is 20.8 Å². The van der Waals surface area contributed by atoms with Gasteiger partial charge in [-0.15, -0.1) is 0 Å². The first-order valence-corrected chi connectivity index (χ1v) is 6.26. The Labute approximate surface area is 116 Å². The largest absolute Gasteiger partial charge is 0.478 e. The molecule has 0 saturated carbocycles. The number of aromatic carboxylic acids is 1. The molecule has 0 aliphatic rings. The topological polar surface area (TPSA) is 72.2 Å². The Morgan fingerprint density at radius 1 is 1.25 bits per heavy atom. The van der Waals surface area contributed by atoms with E-state index in [1.54, 1.807) is 29.7 Å². The zero-order valence-corrected chi connectivity index (χ0v) is 11.7. The van der Waals surface area contributed by atoms with Gasteiger partial charge in [-0.2, -0.15) is 4.98 Å². The van der Waals surface area contributed by atoms with E-state index in [9.17, 15) is 9.59 Å². The summed E-state index contributed by atoms with van der Waals surface area (Å²) in [6.07, 6.45) is 0. The van der Waals surface area contributed by atoms with Crippen molar-refractivity contribution in [3.63, 3.8) is 0 Å². The van der Waals surface area contributed by atoms with Crippen molar-refractivity contribution < 1.29 is 9.90 Å². The minimum Gasteiger partial charge on any atom is -0.478 e. The average Bonchev–Trinajstić information content (AvgIpc) is 2.34. The van der Waals surface area contributed by atoms with E-state index in [4.69, 9.17) is 5.11 Å². The summed E-state index contributed by atoms with van der Waals surface area (Å²) >= 11 is 0. The summed E-state index contributed by atoms with van der Waals surface area (Å²) in [5.74, 6) is -0.954. The number of hydrogen-bond acceptors (Lipinski definition) is 3. The van der Waals surface area contributed by atoms with Crippen molar-refractivity contribution in [3.05, 3.63) is 62.8 Å². The Kier molecular flexibility index (Phi) is 3.70. The highest BCUT2D eigenvalue weighted by molar-refractivity contribution is 5.87. The molecule has 2 rings (SSSR count). The third kappa shape index (κ3) is 2.77. The summed E-state index contributed by atoms with van der Waals surface area (Å²) in [6, 6.07) is 6.75. The van der Waals surface area contributed by atoms with Gasteiger partial charge in [-0.1, -0.05) is 6.07 Å². The molecule has 0 radical (unpaired) electrons. The van der Waals surface area contributed by atoms with Crippen molar-refractivity contribution in [2.75, 3.05) is 0 Å². The number of nitrogens with zero attached hydrogens (tertiary/aromatic N) is 2. The second-order valence-electron chi connectivity index (χ2n) is 4.85. The average molecular weight is 272 g/mol. The van der Waals surface area contributed by atoms with E-state index in [-0.39, 0.29) is 11.3 Å². The van der Waals surface area contributed by atoms with Gasteiger partial charge in [0.15, 0.2) is 0 Å². The van der Waals surface area contributed by atoms with Gasteiger partial charge in [-0.05, 0) is 50.1 Å². The van der Waals surface area contributed by atoms with Crippen LogP contribution in [0.5, 0.6) is 0 Å². The summed E-state index contributed by atoms with van der Waals surface area (Å²) in [4.78, 5) is 26.7. The van der Waals surface area contributed by atoms with E-state index in [1.807, 2.05) is 19.9 Å². The van der Waals surface area contributed by atoms with Crippen LogP contribution in [0.15, 0.2) is 29.1 Å². The van der Waals surface area contributed by atoms with E-state index in [0.29, 0.717) is 12.2 Å². The quantitative estimate of drug-likeness (QED) is 0.926. The highest BCUT2D eigenvalue weighted by Gasteiger charge is 2.08. The van der Waals surface area contributed by atoms with Crippen molar-refractivity contribution in [1.82, 2.24) is 9.55 Å². The molecule has 20 heavy (non-hydrogen) atoms. The molecular weight excluding hydrogens is 256 g/mol. The first kappa shape index (κ1) is 14.0. The maximum Gasteiger partial charge on any atom is 0.348 e. The smallest absolute Gasteiger partial charge is 0.348 e. The van der Waals surface area contributed by atoms with E-state index < -0.39 is 5.97 Å². The van der Waals surface area contributed by atoms with Crippen molar-refractivity contribution in [2.24, 2.45) is 0 Å². The number of benzene rings is 1. The molecule has 0 amide bonds. The molecule has 0 bridgehead atoms. The van der Waals surface area contributed by atoms with Gasteiger partial charge >= 0.3 is 11.7 Å². The Bertz CT molecular complexity index is 732. The maximum atomic E-state index is 11.9. The molecule has 0 unspecified atom stereocenters. The molecule has 1 aromatic carbocycles. The van der Waals surface area contributed by atoms with E-state index in [1.165, 1.54) is 0 Å². The summed E-state index contributed by atoms with van der Waals surface area (Å²) in [6.45, 7) is 5.87. The lowest BCUT2D eigenvalue weighted by atomic mass is 10.0. The van der Waals surface area contributed by atoms with Crippen LogP contribution in [-0.4, -0.2) is 20.6 Å². The standard InChI is InChI=1S/C15H16N2O3/c1-9-6-12(14(18)19)4-5-13(9)8-17-11(3)7-10(2)16-15(17)20/h4-7H,8H2,1-3H3,(H,18,19). The van der Waals surface area contributed by atoms with Gasteiger partial charge in [-0.3, -0.25) is 4.57 Å². The van der Waals surface area contributed by atoms with Gasteiger partial charge in [0.25, 0.3) is 0 Å². The number of rotatable bonds is 3. The van der Waals surface area contributed by atoms with Gasteiger partial charge < -0.3 is 5.11 Å². The normalized spacial score (nSPS) is 10.6. The second-order valence-corrected chi connectivity index (χ2v) is 4.85. The fourth-order valence-electron chi connectivity index (χ4n) is 2.14. The molecule has 0 fully saturated rings. The third-order valence-corrected chi connectivity index (χ3v) is 3.26. The molecule has 0 aliphatic heterocycles. The third-order valence-electron chi connectivity index (χ3n) is 3.26. The fraction of sp³-hybridized carbons (Fsp3) is 0.267.